The SMILES string of the molecule is Cc1cccc(C)c1-n1nnnc1S[C@H](C)C(=O)N1CC(=O)Nc2ccccc21. The van der Waals surface area contributed by atoms with Crippen molar-refractivity contribution in [2.75, 3.05) is 16.8 Å². The van der Waals surface area contributed by atoms with E-state index < -0.39 is 5.25 Å². The number of benzene rings is 2. The van der Waals surface area contributed by atoms with Crippen molar-refractivity contribution in [3.8, 4) is 5.69 Å². The second-order valence-corrected chi connectivity index (χ2v) is 8.17. The van der Waals surface area contributed by atoms with E-state index in [-0.39, 0.29) is 18.4 Å². The number of nitrogens with one attached hydrogen (secondary N) is 1. The Hall–Kier alpha value is -3.20. The lowest BCUT2D eigenvalue weighted by atomic mass is 10.1. The van der Waals surface area contributed by atoms with Crippen molar-refractivity contribution in [3.05, 3.63) is 53.6 Å². The highest BCUT2D eigenvalue weighted by molar-refractivity contribution is 8.00. The maximum absolute atomic E-state index is 13.2. The lowest BCUT2D eigenvalue weighted by Crippen LogP contribution is -2.45. The Bertz CT molecular complexity index is 1080. The number of carbonyl (C=O) groups is 2. The fraction of sp³-hybridized carbons (Fsp3) is 0.250. The molecule has 2 aromatic carbocycles. The molecule has 0 radical (unpaired) electrons. The van der Waals surface area contributed by atoms with Crippen molar-refractivity contribution in [3.63, 3.8) is 0 Å². The predicted octanol–water partition coefficient (Wildman–Crippen LogP) is 2.75. The molecule has 1 aliphatic rings. The van der Waals surface area contributed by atoms with Crippen molar-refractivity contribution in [1.29, 1.82) is 0 Å². The molecule has 29 heavy (non-hydrogen) atoms. The lowest BCUT2D eigenvalue weighted by Gasteiger charge is -2.30. The van der Waals surface area contributed by atoms with E-state index in [1.165, 1.54) is 16.7 Å². The lowest BCUT2D eigenvalue weighted by molar-refractivity contribution is -0.121. The maximum atomic E-state index is 13.2. The van der Waals surface area contributed by atoms with Crippen molar-refractivity contribution < 1.29 is 9.59 Å². The van der Waals surface area contributed by atoms with Crippen LogP contribution in [0.5, 0.6) is 0 Å². The van der Waals surface area contributed by atoms with Crippen molar-refractivity contribution in [1.82, 2.24) is 20.2 Å². The summed E-state index contributed by atoms with van der Waals surface area (Å²) >= 11 is 1.27. The van der Waals surface area contributed by atoms with Gasteiger partial charge >= 0.3 is 0 Å². The Kier molecular flexibility index (Phi) is 5.06. The van der Waals surface area contributed by atoms with Crippen LogP contribution in [0.4, 0.5) is 11.4 Å². The maximum Gasteiger partial charge on any atom is 0.244 e. The summed E-state index contributed by atoms with van der Waals surface area (Å²) in [5.41, 5.74) is 4.32. The number of para-hydroxylation sites is 3. The standard InChI is InChI=1S/C20H20N6O2S/c1-12-7-6-8-13(2)18(12)26-20(22-23-24-26)29-14(3)19(28)25-11-17(27)21-15-9-4-5-10-16(15)25/h4-10,14H,11H2,1-3H3,(H,21,27)/t14-/m1/s1. The van der Waals surface area contributed by atoms with Gasteiger partial charge in [-0.2, -0.15) is 4.68 Å². The Labute approximate surface area is 172 Å². The first-order chi connectivity index (χ1) is 14.0. The number of thioether (sulfide) groups is 1. The first kappa shape index (κ1) is 19.1. The van der Waals surface area contributed by atoms with Crippen LogP contribution in [0.3, 0.4) is 0 Å². The first-order valence-corrected chi connectivity index (χ1v) is 10.1. The molecule has 0 unspecified atom stereocenters. The average Bonchev–Trinajstić information content (AvgIpc) is 3.14. The number of aryl methyl sites for hydroxylation is 2. The van der Waals surface area contributed by atoms with Gasteiger partial charge in [0.1, 0.15) is 6.54 Å². The van der Waals surface area contributed by atoms with Gasteiger partial charge in [0.25, 0.3) is 0 Å². The Balaban J connectivity index is 1.60. The van der Waals surface area contributed by atoms with Crippen LogP contribution >= 0.6 is 11.8 Å². The van der Waals surface area contributed by atoms with E-state index in [2.05, 4.69) is 20.8 Å². The molecular weight excluding hydrogens is 388 g/mol. The third-order valence-electron chi connectivity index (χ3n) is 4.76. The van der Waals surface area contributed by atoms with E-state index in [0.717, 1.165) is 16.8 Å². The van der Waals surface area contributed by atoms with Crippen molar-refractivity contribution >= 4 is 35.0 Å². The molecule has 2 heterocycles. The van der Waals surface area contributed by atoms with E-state index in [4.69, 9.17) is 0 Å². The second-order valence-electron chi connectivity index (χ2n) is 6.86. The van der Waals surface area contributed by atoms with Crippen LogP contribution < -0.4 is 10.2 Å². The van der Waals surface area contributed by atoms with Gasteiger partial charge in [-0.25, -0.2) is 0 Å². The molecule has 8 nitrogen and oxygen atoms in total. The molecule has 4 rings (SSSR count). The minimum Gasteiger partial charge on any atom is -0.323 e. The van der Waals surface area contributed by atoms with E-state index in [9.17, 15) is 9.59 Å². The fourth-order valence-corrected chi connectivity index (χ4v) is 4.25. The molecule has 2 amide bonds. The molecule has 9 heteroatoms. The third kappa shape index (κ3) is 3.61. The Morgan fingerprint density at radius 3 is 2.62 bits per heavy atom. The number of hydrogen-bond donors (Lipinski definition) is 1. The largest absolute Gasteiger partial charge is 0.323 e. The molecule has 0 fully saturated rings. The van der Waals surface area contributed by atoms with Crippen LogP contribution in [0, 0.1) is 13.8 Å². The zero-order valence-corrected chi connectivity index (χ0v) is 17.1. The molecule has 1 aliphatic heterocycles. The van der Waals surface area contributed by atoms with Gasteiger partial charge in [-0.15, -0.1) is 5.10 Å². The molecule has 3 aromatic rings. The molecule has 1 N–H and O–H groups in total. The average molecular weight is 408 g/mol. The number of tetrazole rings is 1. The molecule has 0 saturated heterocycles. The molecule has 1 aromatic heterocycles. The smallest absolute Gasteiger partial charge is 0.244 e. The Morgan fingerprint density at radius 2 is 1.86 bits per heavy atom. The highest BCUT2D eigenvalue weighted by Gasteiger charge is 2.31. The van der Waals surface area contributed by atoms with Crippen LogP contribution in [0.25, 0.3) is 5.69 Å². The molecule has 0 aliphatic carbocycles. The van der Waals surface area contributed by atoms with E-state index >= 15 is 0 Å². The minimum atomic E-state index is -0.483. The number of rotatable bonds is 4. The zero-order chi connectivity index (χ0) is 20.5. The summed E-state index contributed by atoms with van der Waals surface area (Å²) in [7, 11) is 0. The third-order valence-corrected chi connectivity index (χ3v) is 5.78. The minimum absolute atomic E-state index is 0.0113. The van der Waals surface area contributed by atoms with Gasteiger partial charge in [0.05, 0.1) is 22.3 Å². The predicted molar refractivity (Wildman–Crippen MR) is 111 cm³/mol. The van der Waals surface area contributed by atoms with Gasteiger partial charge in [-0.1, -0.05) is 42.1 Å². The van der Waals surface area contributed by atoms with Gasteiger partial charge in [0.15, 0.2) is 0 Å². The number of nitrogens with zero attached hydrogens (tertiary/aromatic N) is 5. The first-order valence-electron chi connectivity index (χ1n) is 9.17. The van der Waals surface area contributed by atoms with E-state index in [1.807, 2.05) is 50.2 Å². The molecule has 0 spiro atoms. The summed E-state index contributed by atoms with van der Waals surface area (Å²) < 4.78 is 1.66. The molecule has 0 bridgehead atoms. The highest BCUT2D eigenvalue weighted by atomic mass is 32.2. The second kappa shape index (κ2) is 7.67. The van der Waals surface area contributed by atoms with Gasteiger partial charge in [0, 0.05) is 0 Å². The van der Waals surface area contributed by atoms with Crippen LogP contribution in [-0.4, -0.2) is 43.8 Å². The quantitative estimate of drug-likeness (QED) is 0.668. The molecule has 0 saturated carbocycles. The normalized spacial score (nSPS) is 14.3. The molecular formula is C20H20N6O2S. The zero-order valence-electron chi connectivity index (χ0n) is 16.3. The number of anilines is 2. The molecule has 148 valence electrons. The number of hydrogen-bond acceptors (Lipinski definition) is 6. The molecule has 1 atom stereocenters. The van der Waals surface area contributed by atoms with Crippen LogP contribution in [0.1, 0.15) is 18.1 Å². The van der Waals surface area contributed by atoms with Gasteiger partial charge in [0.2, 0.25) is 17.0 Å². The van der Waals surface area contributed by atoms with Crippen LogP contribution in [0.15, 0.2) is 47.6 Å². The summed E-state index contributed by atoms with van der Waals surface area (Å²) in [4.78, 5) is 26.7. The number of amides is 2. The summed E-state index contributed by atoms with van der Waals surface area (Å²) in [5.74, 6) is -0.386. The topological polar surface area (TPSA) is 93.0 Å². The van der Waals surface area contributed by atoms with E-state index in [0.29, 0.717) is 16.5 Å². The number of fused-ring (bicyclic) bond motifs is 1. The van der Waals surface area contributed by atoms with Gasteiger partial charge in [-0.05, 0) is 54.5 Å². The van der Waals surface area contributed by atoms with Crippen molar-refractivity contribution in [2.45, 2.75) is 31.2 Å². The highest BCUT2D eigenvalue weighted by Crippen LogP contribution is 2.32. The van der Waals surface area contributed by atoms with Gasteiger partial charge < -0.3 is 5.32 Å². The summed E-state index contributed by atoms with van der Waals surface area (Å²) in [6.07, 6.45) is 0. The Morgan fingerprint density at radius 1 is 1.14 bits per heavy atom. The summed E-state index contributed by atoms with van der Waals surface area (Å²) in [6, 6.07) is 13.2. The number of carbonyl (C=O) groups excluding carboxylic acids is 2. The summed E-state index contributed by atoms with van der Waals surface area (Å²) in [5, 5.41) is 14.9. The van der Waals surface area contributed by atoms with Crippen LogP contribution in [0.2, 0.25) is 0 Å². The van der Waals surface area contributed by atoms with Crippen molar-refractivity contribution in [2.24, 2.45) is 0 Å². The van der Waals surface area contributed by atoms with E-state index in [1.54, 1.807) is 17.7 Å². The monoisotopic (exact) mass is 408 g/mol. The van der Waals surface area contributed by atoms with Crippen LogP contribution in [-0.2, 0) is 9.59 Å². The summed E-state index contributed by atoms with van der Waals surface area (Å²) in [6.45, 7) is 5.78. The van der Waals surface area contributed by atoms with Gasteiger partial charge in [-0.3, -0.25) is 14.5 Å². The fourth-order valence-electron chi connectivity index (χ4n) is 3.39. The number of aromatic nitrogens is 4.